The summed E-state index contributed by atoms with van der Waals surface area (Å²) in [5, 5.41) is 0.378. The van der Waals surface area contributed by atoms with Gasteiger partial charge >= 0.3 is 0 Å². The van der Waals surface area contributed by atoms with E-state index >= 15 is 0 Å². The first kappa shape index (κ1) is 13.8. The second-order valence-corrected chi connectivity index (χ2v) is 6.08. The summed E-state index contributed by atoms with van der Waals surface area (Å²) >= 11 is 9.45. The molecule has 1 aromatic heterocycles. The maximum Gasteiger partial charge on any atom is 0.141 e. The first-order valence-electron chi connectivity index (χ1n) is 6.31. The van der Waals surface area contributed by atoms with Crippen molar-refractivity contribution < 1.29 is 4.39 Å². The van der Waals surface area contributed by atoms with Gasteiger partial charge in [-0.1, -0.05) is 17.7 Å². The fourth-order valence-corrected chi connectivity index (χ4v) is 2.83. The van der Waals surface area contributed by atoms with Crippen LogP contribution in [0.1, 0.15) is 35.8 Å². The Morgan fingerprint density at radius 3 is 2.75 bits per heavy atom. The SMILES string of the molecule is Nc1nc(Cc2c(F)cccc2Cl)nc(C2CC2)c1Br. The topological polar surface area (TPSA) is 51.8 Å². The molecule has 2 N–H and O–H groups in total. The fraction of sp³-hybridized carbons (Fsp3) is 0.286. The van der Waals surface area contributed by atoms with Crippen molar-refractivity contribution in [2.24, 2.45) is 0 Å². The van der Waals surface area contributed by atoms with E-state index in [0.717, 1.165) is 23.0 Å². The lowest BCUT2D eigenvalue weighted by Gasteiger charge is -2.09. The van der Waals surface area contributed by atoms with E-state index in [1.54, 1.807) is 12.1 Å². The van der Waals surface area contributed by atoms with Gasteiger partial charge in [-0.2, -0.15) is 0 Å². The molecule has 0 radical (unpaired) electrons. The minimum atomic E-state index is -0.351. The van der Waals surface area contributed by atoms with Gasteiger partial charge in [-0.3, -0.25) is 0 Å². The zero-order valence-electron chi connectivity index (χ0n) is 10.5. The Morgan fingerprint density at radius 1 is 1.35 bits per heavy atom. The summed E-state index contributed by atoms with van der Waals surface area (Å²) in [4.78, 5) is 8.72. The summed E-state index contributed by atoms with van der Waals surface area (Å²) in [7, 11) is 0. The standard InChI is InChI=1S/C14H12BrClFN3/c15-12-13(7-4-5-7)19-11(20-14(12)18)6-8-9(16)2-1-3-10(8)17/h1-3,7H,4-6H2,(H2,18,19,20). The molecule has 104 valence electrons. The van der Waals surface area contributed by atoms with Crippen molar-refractivity contribution in [1.82, 2.24) is 9.97 Å². The Labute approximate surface area is 129 Å². The molecule has 0 atom stereocenters. The lowest BCUT2D eigenvalue weighted by Crippen LogP contribution is -2.06. The Bertz CT molecular complexity index is 653. The van der Waals surface area contributed by atoms with Crippen LogP contribution < -0.4 is 5.73 Å². The summed E-state index contributed by atoms with van der Waals surface area (Å²) < 4.78 is 14.6. The molecule has 0 bridgehead atoms. The minimum Gasteiger partial charge on any atom is -0.383 e. The molecule has 1 aliphatic carbocycles. The fourth-order valence-electron chi connectivity index (χ4n) is 2.10. The van der Waals surface area contributed by atoms with Crippen LogP contribution in [0, 0.1) is 5.82 Å². The molecular weight excluding hydrogens is 345 g/mol. The number of anilines is 1. The average molecular weight is 357 g/mol. The number of aromatic nitrogens is 2. The molecule has 1 aliphatic rings. The summed E-state index contributed by atoms with van der Waals surface area (Å²) in [6, 6.07) is 4.61. The van der Waals surface area contributed by atoms with Gasteiger partial charge in [-0.15, -0.1) is 0 Å². The molecular formula is C14H12BrClFN3. The van der Waals surface area contributed by atoms with Crippen LogP contribution in [0.2, 0.25) is 5.02 Å². The monoisotopic (exact) mass is 355 g/mol. The van der Waals surface area contributed by atoms with Crippen molar-refractivity contribution >= 4 is 33.3 Å². The predicted octanol–water partition coefficient (Wildman–Crippen LogP) is 4.08. The van der Waals surface area contributed by atoms with Gasteiger partial charge in [0, 0.05) is 22.9 Å². The van der Waals surface area contributed by atoms with Crippen LogP contribution in [0.4, 0.5) is 10.2 Å². The highest BCUT2D eigenvalue weighted by Crippen LogP contribution is 2.43. The summed E-state index contributed by atoms with van der Waals surface area (Å²) in [6.07, 6.45) is 2.45. The Balaban J connectivity index is 1.99. The van der Waals surface area contributed by atoms with Crippen LogP contribution in [-0.4, -0.2) is 9.97 Å². The molecule has 3 nitrogen and oxygen atoms in total. The molecule has 20 heavy (non-hydrogen) atoms. The van der Waals surface area contributed by atoms with E-state index in [9.17, 15) is 4.39 Å². The summed E-state index contributed by atoms with van der Waals surface area (Å²) in [6.45, 7) is 0. The van der Waals surface area contributed by atoms with Gasteiger partial charge in [0.1, 0.15) is 17.5 Å². The number of benzene rings is 1. The lowest BCUT2D eigenvalue weighted by molar-refractivity contribution is 0.612. The third-order valence-electron chi connectivity index (χ3n) is 3.31. The van der Waals surface area contributed by atoms with E-state index in [0.29, 0.717) is 28.1 Å². The van der Waals surface area contributed by atoms with Gasteiger partial charge in [0.05, 0.1) is 10.2 Å². The van der Waals surface area contributed by atoms with E-state index < -0.39 is 0 Å². The van der Waals surface area contributed by atoms with Crippen LogP contribution in [0.15, 0.2) is 22.7 Å². The van der Waals surface area contributed by atoms with Gasteiger partial charge in [-0.25, -0.2) is 14.4 Å². The van der Waals surface area contributed by atoms with E-state index in [1.165, 1.54) is 6.07 Å². The highest BCUT2D eigenvalue weighted by molar-refractivity contribution is 9.10. The predicted molar refractivity (Wildman–Crippen MR) is 80.3 cm³/mol. The summed E-state index contributed by atoms with van der Waals surface area (Å²) in [5.74, 6) is 0.976. The molecule has 1 aromatic carbocycles. The molecule has 2 aromatic rings. The van der Waals surface area contributed by atoms with Crippen molar-refractivity contribution in [3.8, 4) is 0 Å². The second-order valence-electron chi connectivity index (χ2n) is 4.88. The van der Waals surface area contributed by atoms with Crippen molar-refractivity contribution in [3.05, 3.63) is 50.6 Å². The van der Waals surface area contributed by atoms with Crippen LogP contribution >= 0.6 is 27.5 Å². The normalized spacial score (nSPS) is 14.6. The first-order chi connectivity index (χ1) is 9.56. The number of halogens is 3. The third-order valence-corrected chi connectivity index (χ3v) is 4.48. The molecule has 6 heteroatoms. The van der Waals surface area contributed by atoms with E-state index in [-0.39, 0.29) is 12.2 Å². The second kappa shape index (κ2) is 5.30. The van der Waals surface area contributed by atoms with Crippen LogP contribution in [0.25, 0.3) is 0 Å². The highest BCUT2D eigenvalue weighted by Gasteiger charge is 2.29. The molecule has 1 saturated carbocycles. The highest BCUT2D eigenvalue weighted by atomic mass is 79.9. The van der Waals surface area contributed by atoms with Gasteiger partial charge in [0.25, 0.3) is 0 Å². The Morgan fingerprint density at radius 2 is 2.10 bits per heavy atom. The third kappa shape index (κ3) is 2.65. The number of nitrogens with zero attached hydrogens (tertiary/aromatic N) is 2. The lowest BCUT2D eigenvalue weighted by atomic mass is 10.1. The van der Waals surface area contributed by atoms with Gasteiger partial charge in [-0.05, 0) is 40.9 Å². The van der Waals surface area contributed by atoms with Crippen LogP contribution in [-0.2, 0) is 6.42 Å². The molecule has 0 aliphatic heterocycles. The van der Waals surface area contributed by atoms with Crippen molar-refractivity contribution in [2.45, 2.75) is 25.2 Å². The number of nitrogens with two attached hydrogens (primary N) is 1. The van der Waals surface area contributed by atoms with Gasteiger partial charge < -0.3 is 5.73 Å². The number of nitrogen functional groups attached to an aromatic ring is 1. The summed E-state index contributed by atoms with van der Waals surface area (Å²) in [5.41, 5.74) is 7.21. The van der Waals surface area contributed by atoms with Crippen LogP contribution in [0.3, 0.4) is 0 Å². The van der Waals surface area contributed by atoms with Crippen molar-refractivity contribution in [1.29, 1.82) is 0 Å². The number of rotatable bonds is 3. The largest absolute Gasteiger partial charge is 0.383 e. The van der Waals surface area contributed by atoms with Gasteiger partial charge in [0.2, 0.25) is 0 Å². The molecule has 3 rings (SSSR count). The van der Waals surface area contributed by atoms with Gasteiger partial charge in [0.15, 0.2) is 0 Å². The Kier molecular flexibility index (Phi) is 3.65. The molecule has 0 saturated heterocycles. The van der Waals surface area contributed by atoms with Crippen molar-refractivity contribution in [2.75, 3.05) is 5.73 Å². The number of hydrogen-bond acceptors (Lipinski definition) is 3. The molecule has 0 spiro atoms. The quantitative estimate of drug-likeness (QED) is 0.901. The minimum absolute atomic E-state index is 0.239. The zero-order chi connectivity index (χ0) is 14.3. The zero-order valence-corrected chi connectivity index (χ0v) is 12.9. The average Bonchev–Trinajstić information content (AvgIpc) is 3.22. The molecule has 1 fully saturated rings. The molecule has 0 amide bonds. The molecule has 0 unspecified atom stereocenters. The van der Waals surface area contributed by atoms with E-state index in [4.69, 9.17) is 17.3 Å². The maximum absolute atomic E-state index is 13.8. The number of hydrogen-bond donors (Lipinski definition) is 1. The maximum atomic E-state index is 13.8. The van der Waals surface area contributed by atoms with Crippen molar-refractivity contribution in [3.63, 3.8) is 0 Å². The van der Waals surface area contributed by atoms with E-state index in [1.807, 2.05) is 0 Å². The van der Waals surface area contributed by atoms with Crippen LogP contribution in [0.5, 0.6) is 0 Å². The Hall–Kier alpha value is -1.20. The first-order valence-corrected chi connectivity index (χ1v) is 7.48. The molecule has 1 heterocycles. The smallest absolute Gasteiger partial charge is 0.141 e. The van der Waals surface area contributed by atoms with E-state index in [2.05, 4.69) is 25.9 Å².